The predicted octanol–water partition coefficient (Wildman–Crippen LogP) is 3.67. The zero-order chi connectivity index (χ0) is 16.8. The first-order chi connectivity index (χ1) is 11.8. The van der Waals surface area contributed by atoms with Crippen LogP contribution in [0.4, 0.5) is 0 Å². The van der Waals surface area contributed by atoms with E-state index in [4.69, 9.17) is 14.2 Å². The highest BCUT2D eigenvalue weighted by Gasteiger charge is 2.31. The summed E-state index contributed by atoms with van der Waals surface area (Å²) in [6.07, 6.45) is 9.24. The molecule has 4 nitrogen and oxygen atoms in total. The first-order valence-electron chi connectivity index (χ1n) is 9.38. The van der Waals surface area contributed by atoms with Crippen LogP contribution in [0.15, 0.2) is 18.2 Å². The van der Waals surface area contributed by atoms with Crippen LogP contribution >= 0.6 is 0 Å². The van der Waals surface area contributed by atoms with Crippen LogP contribution in [0.1, 0.15) is 44.1 Å². The van der Waals surface area contributed by atoms with Crippen LogP contribution in [0.25, 0.3) is 0 Å². The van der Waals surface area contributed by atoms with Crippen molar-refractivity contribution in [2.45, 2.75) is 57.1 Å². The number of nitrogens with zero attached hydrogens (tertiary/aromatic N) is 1. The molecule has 1 aliphatic carbocycles. The molecule has 0 aromatic heterocycles. The smallest absolute Gasteiger partial charge is 0.160 e. The molecule has 2 aliphatic rings. The van der Waals surface area contributed by atoms with Crippen molar-refractivity contribution in [1.29, 1.82) is 0 Å². The third-order valence-corrected chi connectivity index (χ3v) is 5.45. The first-order valence-corrected chi connectivity index (χ1v) is 9.38. The van der Waals surface area contributed by atoms with E-state index in [1.807, 2.05) is 6.07 Å². The number of ether oxygens (including phenoxy) is 3. The fraction of sp³-hybridized carbons (Fsp3) is 0.700. The van der Waals surface area contributed by atoms with Gasteiger partial charge in [0.25, 0.3) is 0 Å². The van der Waals surface area contributed by atoms with Crippen molar-refractivity contribution in [2.24, 2.45) is 0 Å². The number of methoxy groups -OCH3 is 2. The molecular weight excluding hydrogens is 302 g/mol. The molecule has 0 amide bonds. The van der Waals surface area contributed by atoms with Gasteiger partial charge in [0.2, 0.25) is 0 Å². The van der Waals surface area contributed by atoms with Gasteiger partial charge in [-0.25, -0.2) is 0 Å². The van der Waals surface area contributed by atoms with Gasteiger partial charge in [-0.15, -0.1) is 0 Å². The monoisotopic (exact) mass is 333 g/mol. The molecule has 0 bridgehead atoms. The Morgan fingerprint density at radius 1 is 0.958 bits per heavy atom. The number of likely N-dealkylation sites (tertiary alicyclic amines) is 1. The first kappa shape index (κ1) is 17.6. The Balaban J connectivity index is 1.52. The molecular formula is C20H31NO3. The predicted molar refractivity (Wildman–Crippen MR) is 96.1 cm³/mol. The van der Waals surface area contributed by atoms with Crippen LogP contribution in [0.2, 0.25) is 0 Å². The van der Waals surface area contributed by atoms with Crippen LogP contribution in [-0.2, 0) is 11.2 Å². The molecule has 1 aromatic carbocycles. The van der Waals surface area contributed by atoms with Gasteiger partial charge in [-0.1, -0.05) is 18.9 Å². The summed E-state index contributed by atoms with van der Waals surface area (Å²) in [7, 11) is 3.35. The third kappa shape index (κ3) is 4.22. The van der Waals surface area contributed by atoms with Crippen molar-refractivity contribution in [2.75, 3.05) is 33.9 Å². The summed E-state index contributed by atoms with van der Waals surface area (Å²) in [6.45, 7) is 3.31. The molecule has 0 radical (unpaired) electrons. The molecule has 1 aromatic rings. The zero-order valence-electron chi connectivity index (χ0n) is 15.1. The molecule has 4 heteroatoms. The molecule has 134 valence electrons. The van der Waals surface area contributed by atoms with E-state index in [1.54, 1.807) is 14.2 Å². The van der Waals surface area contributed by atoms with Gasteiger partial charge in [-0.2, -0.15) is 0 Å². The molecule has 0 unspecified atom stereocenters. The second-order valence-corrected chi connectivity index (χ2v) is 6.94. The van der Waals surface area contributed by atoms with Gasteiger partial charge in [0.1, 0.15) is 0 Å². The highest BCUT2D eigenvalue weighted by Crippen LogP contribution is 2.29. The standard InChI is InChI=1S/C20H31NO3/c1-22-19-10-9-16(15-20(19)23-2)11-14-24-18-8-4-3-7-17(18)21-12-5-6-13-21/h9-10,15,17-18H,3-8,11-14H2,1-2H3/t17-,18-/m1/s1. The molecule has 1 saturated heterocycles. The van der Waals surface area contributed by atoms with E-state index in [-0.39, 0.29) is 0 Å². The molecule has 24 heavy (non-hydrogen) atoms. The maximum Gasteiger partial charge on any atom is 0.160 e. The van der Waals surface area contributed by atoms with E-state index in [2.05, 4.69) is 17.0 Å². The summed E-state index contributed by atoms with van der Waals surface area (Å²) in [5.41, 5.74) is 1.24. The fourth-order valence-electron chi connectivity index (χ4n) is 4.13. The van der Waals surface area contributed by atoms with Gasteiger partial charge in [-0.05, 0) is 62.9 Å². The maximum atomic E-state index is 6.33. The van der Waals surface area contributed by atoms with Crippen molar-refractivity contribution >= 4 is 0 Å². The summed E-state index contributed by atoms with van der Waals surface area (Å²) in [5.74, 6) is 1.58. The average molecular weight is 333 g/mol. The van der Waals surface area contributed by atoms with Crippen LogP contribution in [-0.4, -0.2) is 51.0 Å². The molecule has 2 fully saturated rings. The second-order valence-electron chi connectivity index (χ2n) is 6.94. The van der Waals surface area contributed by atoms with E-state index in [0.29, 0.717) is 12.1 Å². The Morgan fingerprint density at radius 2 is 1.71 bits per heavy atom. The quantitative estimate of drug-likeness (QED) is 0.762. The number of hydrogen-bond donors (Lipinski definition) is 0. The summed E-state index contributed by atoms with van der Waals surface area (Å²) < 4.78 is 17.0. The van der Waals surface area contributed by atoms with Crippen molar-refractivity contribution < 1.29 is 14.2 Å². The SMILES string of the molecule is COc1ccc(CCO[C@@H]2CCCC[C@H]2N2CCCC2)cc1OC. The Bertz CT molecular complexity index is 514. The van der Waals surface area contributed by atoms with Gasteiger partial charge >= 0.3 is 0 Å². The van der Waals surface area contributed by atoms with E-state index < -0.39 is 0 Å². The zero-order valence-corrected chi connectivity index (χ0v) is 15.1. The van der Waals surface area contributed by atoms with Crippen molar-refractivity contribution in [3.63, 3.8) is 0 Å². The number of rotatable bonds is 7. The Morgan fingerprint density at radius 3 is 2.46 bits per heavy atom. The fourth-order valence-corrected chi connectivity index (χ4v) is 4.13. The molecule has 0 N–H and O–H groups in total. The minimum absolute atomic E-state index is 0.414. The number of hydrogen-bond acceptors (Lipinski definition) is 4. The van der Waals surface area contributed by atoms with Crippen molar-refractivity contribution in [3.05, 3.63) is 23.8 Å². The van der Waals surface area contributed by atoms with E-state index >= 15 is 0 Å². The van der Waals surface area contributed by atoms with Crippen LogP contribution < -0.4 is 9.47 Å². The highest BCUT2D eigenvalue weighted by atomic mass is 16.5. The van der Waals surface area contributed by atoms with Gasteiger partial charge in [0, 0.05) is 6.04 Å². The summed E-state index contributed by atoms with van der Waals surface area (Å²) in [6, 6.07) is 6.78. The van der Waals surface area contributed by atoms with E-state index in [9.17, 15) is 0 Å². The minimum atomic E-state index is 0.414. The van der Waals surface area contributed by atoms with E-state index in [1.165, 1.54) is 57.2 Å². The normalized spacial score (nSPS) is 24.9. The molecule has 1 saturated carbocycles. The van der Waals surface area contributed by atoms with Crippen LogP contribution in [0.3, 0.4) is 0 Å². The van der Waals surface area contributed by atoms with Gasteiger partial charge in [0.15, 0.2) is 11.5 Å². The summed E-state index contributed by atoms with van der Waals surface area (Å²) >= 11 is 0. The molecule has 1 aliphatic heterocycles. The van der Waals surface area contributed by atoms with Gasteiger partial charge < -0.3 is 14.2 Å². The second kappa shape index (κ2) is 8.72. The topological polar surface area (TPSA) is 30.9 Å². The summed E-state index contributed by atoms with van der Waals surface area (Å²) in [5, 5.41) is 0. The van der Waals surface area contributed by atoms with Crippen LogP contribution in [0.5, 0.6) is 11.5 Å². The number of benzene rings is 1. The summed E-state index contributed by atoms with van der Waals surface area (Å²) in [4.78, 5) is 2.67. The Kier molecular flexibility index (Phi) is 6.38. The lowest BCUT2D eigenvalue weighted by Gasteiger charge is -2.37. The van der Waals surface area contributed by atoms with Crippen molar-refractivity contribution in [1.82, 2.24) is 4.90 Å². The van der Waals surface area contributed by atoms with Gasteiger partial charge in [-0.3, -0.25) is 4.90 Å². The molecule has 2 atom stereocenters. The molecule has 1 heterocycles. The lowest BCUT2D eigenvalue weighted by atomic mass is 9.91. The third-order valence-electron chi connectivity index (χ3n) is 5.45. The highest BCUT2D eigenvalue weighted by molar-refractivity contribution is 5.42. The Labute approximate surface area is 146 Å². The minimum Gasteiger partial charge on any atom is -0.493 e. The average Bonchev–Trinajstić information content (AvgIpc) is 3.16. The largest absolute Gasteiger partial charge is 0.493 e. The molecule has 3 rings (SSSR count). The van der Waals surface area contributed by atoms with Crippen LogP contribution in [0, 0.1) is 0 Å². The maximum absolute atomic E-state index is 6.33. The van der Waals surface area contributed by atoms with E-state index in [0.717, 1.165) is 24.5 Å². The molecule has 0 spiro atoms. The lowest BCUT2D eigenvalue weighted by Crippen LogP contribution is -2.45. The Hall–Kier alpha value is -1.26. The lowest BCUT2D eigenvalue weighted by molar-refractivity contribution is -0.0290. The van der Waals surface area contributed by atoms with Crippen molar-refractivity contribution in [3.8, 4) is 11.5 Å². The van der Waals surface area contributed by atoms with Gasteiger partial charge in [0.05, 0.1) is 26.9 Å².